The Balaban J connectivity index is 1.87. The third-order valence-electron chi connectivity index (χ3n) is 5.02. The van der Waals surface area contributed by atoms with Gasteiger partial charge in [0.2, 0.25) is 0 Å². The zero-order valence-corrected chi connectivity index (χ0v) is 16.3. The lowest BCUT2D eigenvalue weighted by Crippen LogP contribution is -2.33. The molecule has 0 aliphatic heterocycles. The molecule has 1 atom stereocenters. The topological polar surface area (TPSA) is 84.7 Å². The number of carbonyl (C=O) groups excluding carboxylic acids is 1. The highest BCUT2D eigenvalue weighted by molar-refractivity contribution is 5.96. The highest BCUT2D eigenvalue weighted by Crippen LogP contribution is 2.32. The predicted molar refractivity (Wildman–Crippen MR) is 108 cm³/mol. The molecule has 28 heavy (non-hydrogen) atoms. The smallest absolute Gasteiger partial charge is 0.293 e. The van der Waals surface area contributed by atoms with E-state index in [4.69, 9.17) is 4.74 Å². The molecule has 0 spiro atoms. The molecule has 7 nitrogen and oxygen atoms in total. The van der Waals surface area contributed by atoms with E-state index >= 15 is 0 Å². The molecular formula is C21H25N3O4. The molecule has 2 aromatic rings. The number of carbonyl (C=O) groups is 1. The van der Waals surface area contributed by atoms with Gasteiger partial charge in [0.05, 0.1) is 18.1 Å². The fraction of sp³-hybridized carbons (Fsp3) is 0.381. The largest absolute Gasteiger partial charge is 0.497 e. The second kappa shape index (κ2) is 8.29. The third kappa shape index (κ3) is 4.24. The lowest BCUT2D eigenvalue weighted by molar-refractivity contribution is -0.384. The van der Waals surface area contributed by atoms with Crippen LogP contribution in [-0.2, 0) is 0 Å². The maximum absolute atomic E-state index is 13.1. The van der Waals surface area contributed by atoms with E-state index in [2.05, 4.69) is 5.32 Å². The van der Waals surface area contributed by atoms with Crippen molar-refractivity contribution in [2.45, 2.75) is 38.8 Å². The first-order valence-corrected chi connectivity index (χ1v) is 9.44. The zero-order chi connectivity index (χ0) is 20.3. The van der Waals surface area contributed by atoms with Gasteiger partial charge in [-0.05, 0) is 56.5 Å². The molecule has 1 aliphatic carbocycles. The van der Waals surface area contributed by atoms with E-state index in [-0.39, 0.29) is 17.6 Å². The van der Waals surface area contributed by atoms with Crippen LogP contribution in [0.1, 0.15) is 48.7 Å². The summed E-state index contributed by atoms with van der Waals surface area (Å²) in [6, 6.07) is 12.3. The first kappa shape index (κ1) is 19.7. The van der Waals surface area contributed by atoms with E-state index in [0.29, 0.717) is 23.8 Å². The summed E-state index contributed by atoms with van der Waals surface area (Å²) in [5.41, 5.74) is 1.65. The number of nitrogens with zero attached hydrogens (tertiary/aromatic N) is 2. The second-order valence-corrected chi connectivity index (χ2v) is 6.95. The number of ether oxygens (including phenoxy) is 1. The highest BCUT2D eigenvalue weighted by Gasteiger charge is 2.27. The average Bonchev–Trinajstić information content (AvgIpc) is 3.52. The summed E-state index contributed by atoms with van der Waals surface area (Å²) in [5.74, 6) is 0.484. The monoisotopic (exact) mass is 383 g/mol. The van der Waals surface area contributed by atoms with E-state index in [1.807, 2.05) is 38.1 Å². The predicted octanol–water partition coefficient (Wildman–Crippen LogP) is 4.40. The van der Waals surface area contributed by atoms with Gasteiger partial charge in [0, 0.05) is 24.2 Å². The number of nitrogens with one attached hydrogen (secondary N) is 1. The van der Waals surface area contributed by atoms with Gasteiger partial charge in [-0.15, -0.1) is 0 Å². The van der Waals surface area contributed by atoms with Crippen LogP contribution in [0.4, 0.5) is 11.4 Å². The van der Waals surface area contributed by atoms with Crippen LogP contribution < -0.4 is 10.1 Å². The van der Waals surface area contributed by atoms with Crippen LogP contribution in [0, 0.1) is 10.1 Å². The Morgan fingerprint density at radius 1 is 1.32 bits per heavy atom. The summed E-state index contributed by atoms with van der Waals surface area (Å²) in [5, 5.41) is 14.6. The molecule has 1 unspecified atom stereocenters. The van der Waals surface area contributed by atoms with Gasteiger partial charge in [-0.2, -0.15) is 0 Å². The van der Waals surface area contributed by atoms with Crippen LogP contribution in [0.5, 0.6) is 5.75 Å². The normalized spacial score (nSPS) is 14.2. The van der Waals surface area contributed by atoms with Crippen molar-refractivity contribution < 1.29 is 14.5 Å². The molecule has 1 fully saturated rings. The first-order chi connectivity index (χ1) is 13.4. The van der Waals surface area contributed by atoms with Crippen molar-refractivity contribution in [1.82, 2.24) is 4.90 Å². The van der Waals surface area contributed by atoms with E-state index in [9.17, 15) is 14.9 Å². The van der Waals surface area contributed by atoms with Gasteiger partial charge in [-0.1, -0.05) is 12.1 Å². The molecule has 0 bridgehead atoms. The zero-order valence-electron chi connectivity index (χ0n) is 16.3. The summed E-state index contributed by atoms with van der Waals surface area (Å²) >= 11 is 0. The quantitative estimate of drug-likeness (QED) is 0.539. The third-order valence-corrected chi connectivity index (χ3v) is 5.02. The number of hydrogen-bond acceptors (Lipinski definition) is 5. The minimum Gasteiger partial charge on any atom is -0.497 e. The summed E-state index contributed by atoms with van der Waals surface area (Å²) in [6.45, 7) is 4.31. The van der Waals surface area contributed by atoms with Gasteiger partial charge in [-0.3, -0.25) is 14.9 Å². The van der Waals surface area contributed by atoms with Gasteiger partial charge in [0.1, 0.15) is 11.4 Å². The molecule has 148 valence electrons. The van der Waals surface area contributed by atoms with Gasteiger partial charge in [0.15, 0.2) is 0 Å². The summed E-state index contributed by atoms with van der Waals surface area (Å²) in [4.78, 5) is 25.9. The minimum absolute atomic E-state index is 0.0668. The molecule has 3 rings (SSSR count). The Bertz CT molecular complexity index is 880. The number of anilines is 1. The molecular weight excluding hydrogens is 358 g/mol. The molecule has 0 saturated heterocycles. The van der Waals surface area contributed by atoms with Crippen LogP contribution in [0.15, 0.2) is 42.5 Å². The SMILES string of the molecule is CCN(C(=O)c1ccc(NC2CC2)c([N+](=O)[O-])c1)C(C)c1cccc(OC)c1. The van der Waals surface area contributed by atoms with Crippen molar-refractivity contribution in [3.63, 3.8) is 0 Å². The fourth-order valence-electron chi connectivity index (χ4n) is 3.23. The Morgan fingerprint density at radius 2 is 2.07 bits per heavy atom. The van der Waals surface area contributed by atoms with E-state index in [0.717, 1.165) is 24.2 Å². The van der Waals surface area contributed by atoms with Crippen LogP contribution in [0.2, 0.25) is 0 Å². The molecule has 0 radical (unpaired) electrons. The lowest BCUT2D eigenvalue weighted by Gasteiger charge is -2.29. The average molecular weight is 383 g/mol. The van der Waals surface area contributed by atoms with Crippen molar-refractivity contribution in [2.75, 3.05) is 19.0 Å². The molecule has 1 N–H and O–H groups in total. The molecule has 2 aromatic carbocycles. The summed E-state index contributed by atoms with van der Waals surface area (Å²) in [7, 11) is 1.60. The molecule has 0 aromatic heterocycles. The fourth-order valence-corrected chi connectivity index (χ4v) is 3.23. The Hall–Kier alpha value is -3.09. The maximum atomic E-state index is 13.1. The summed E-state index contributed by atoms with van der Waals surface area (Å²) in [6.07, 6.45) is 2.03. The van der Waals surface area contributed by atoms with Crippen molar-refractivity contribution in [3.8, 4) is 5.75 Å². The van der Waals surface area contributed by atoms with E-state index < -0.39 is 4.92 Å². The Morgan fingerprint density at radius 3 is 2.68 bits per heavy atom. The van der Waals surface area contributed by atoms with Crippen molar-refractivity contribution in [3.05, 3.63) is 63.7 Å². The number of amides is 1. The Labute approximate surface area is 164 Å². The molecule has 1 aliphatic rings. The number of nitro benzene ring substituents is 1. The number of nitro groups is 1. The van der Waals surface area contributed by atoms with Crippen molar-refractivity contribution in [1.29, 1.82) is 0 Å². The summed E-state index contributed by atoms with van der Waals surface area (Å²) < 4.78 is 5.27. The highest BCUT2D eigenvalue weighted by atomic mass is 16.6. The van der Waals surface area contributed by atoms with E-state index in [1.54, 1.807) is 24.1 Å². The molecule has 1 saturated carbocycles. The van der Waals surface area contributed by atoms with Crippen LogP contribution in [0.3, 0.4) is 0 Å². The molecule has 1 amide bonds. The minimum atomic E-state index is -0.441. The second-order valence-electron chi connectivity index (χ2n) is 6.95. The molecule has 7 heteroatoms. The maximum Gasteiger partial charge on any atom is 0.293 e. The number of methoxy groups -OCH3 is 1. The number of benzene rings is 2. The van der Waals surface area contributed by atoms with Crippen LogP contribution in [-0.4, -0.2) is 35.4 Å². The van der Waals surface area contributed by atoms with Gasteiger partial charge < -0.3 is 15.0 Å². The van der Waals surface area contributed by atoms with Crippen LogP contribution >= 0.6 is 0 Å². The first-order valence-electron chi connectivity index (χ1n) is 9.44. The van der Waals surface area contributed by atoms with Gasteiger partial charge in [-0.25, -0.2) is 0 Å². The van der Waals surface area contributed by atoms with Crippen LogP contribution in [0.25, 0.3) is 0 Å². The van der Waals surface area contributed by atoms with Gasteiger partial charge >= 0.3 is 0 Å². The standard InChI is InChI=1S/C21H25N3O4/c1-4-23(14(2)15-6-5-7-18(12-15)28-3)21(25)16-8-11-19(22-17-9-10-17)20(13-16)24(26)27/h5-8,11-14,17,22H,4,9-10H2,1-3H3. The number of hydrogen-bond donors (Lipinski definition) is 1. The number of rotatable bonds is 8. The van der Waals surface area contributed by atoms with Crippen molar-refractivity contribution in [2.24, 2.45) is 0 Å². The van der Waals surface area contributed by atoms with Crippen molar-refractivity contribution >= 4 is 17.3 Å². The molecule has 0 heterocycles. The lowest BCUT2D eigenvalue weighted by atomic mass is 10.0. The van der Waals surface area contributed by atoms with E-state index in [1.165, 1.54) is 6.07 Å². The van der Waals surface area contributed by atoms with Gasteiger partial charge in [0.25, 0.3) is 11.6 Å². The Kier molecular flexibility index (Phi) is 5.82.